The first-order chi connectivity index (χ1) is 7.40. The standard InChI is InChI=1S/C13H22N2/c1-2-3-9-15-10-7-12-6-4-5-8-14-13(12)11-15/h4-6,13-14H,2-3,7-11H2,1H3. The fraction of sp³-hybridized carbons (Fsp3) is 0.692. The number of unbranched alkanes of at least 4 members (excludes halogenated alkanes) is 1. The maximum absolute atomic E-state index is 3.59. The van der Waals surface area contributed by atoms with E-state index in [1.807, 2.05) is 0 Å². The van der Waals surface area contributed by atoms with Gasteiger partial charge in [-0.1, -0.05) is 37.1 Å². The summed E-state index contributed by atoms with van der Waals surface area (Å²) in [6.45, 7) is 7.01. The van der Waals surface area contributed by atoms with Gasteiger partial charge in [-0.25, -0.2) is 0 Å². The van der Waals surface area contributed by atoms with E-state index in [2.05, 4.69) is 35.4 Å². The van der Waals surface area contributed by atoms with Gasteiger partial charge in [0.2, 0.25) is 0 Å². The summed E-state index contributed by atoms with van der Waals surface area (Å²) in [7, 11) is 0. The maximum atomic E-state index is 3.59. The highest BCUT2D eigenvalue weighted by Gasteiger charge is 2.23. The quantitative estimate of drug-likeness (QED) is 0.759. The lowest BCUT2D eigenvalue weighted by atomic mass is 9.98. The molecule has 0 aromatic rings. The molecule has 2 nitrogen and oxygen atoms in total. The molecule has 0 bridgehead atoms. The van der Waals surface area contributed by atoms with Crippen LogP contribution in [0.25, 0.3) is 0 Å². The van der Waals surface area contributed by atoms with E-state index in [-0.39, 0.29) is 0 Å². The molecule has 0 saturated carbocycles. The number of rotatable bonds is 3. The van der Waals surface area contributed by atoms with Crippen molar-refractivity contribution in [2.75, 3.05) is 26.2 Å². The Morgan fingerprint density at radius 1 is 1.53 bits per heavy atom. The summed E-state index contributed by atoms with van der Waals surface area (Å²) in [5, 5.41) is 3.59. The highest BCUT2D eigenvalue weighted by molar-refractivity contribution is 5.23. The Bertz CT molecular complexity index is 255. The molecule has 2 aliphatic rings. The van der Waals surface area contributed by atoms with Crippen LogP contribution in [0.2, 0.25) is 0 Å². The van der Waals surface area contributed by atoms with Crippen molar-refractivity contribution in [1.29, 1.82) is 0 Å². The van der Waals surface area contributed by atoms with Crippen molar-refractivity contribution in [3.8, 4) is 0 Å². The molecule has 0 aliphatic carbocycles. The van der Waals surface area contributed by atoms with E-state index in [4.69, 9.17) is 0 Å². The zero-order valence-corrected chi connectivity index (χ0v) is 9.71. The summed E-state index contributed by atoms with van der Waals surface area (Å²) in [4.78, 5) is 2.60. The number of nitrogens with zero attached hydrogens (tertiary/aromatic N) is 1. The van der Waals surface area contributed by atoms with Crippen molar-refractivity contribution in [2.45, 2.75) is 32.2 Å². The molecule has 2 aliphatic heterocycles. The minimum atomic E-state index is 0.602. The zero-order valence-electron chi connectivity index (χ0n) is 9.71. The monoisotopic (exact) mass is 206 g/mol. The van der Waals surface area contributed by atoms with E-state index >= 15 is 0 Å². The molecule has 0 aromatic heterocycles. The third-order valence-corrected chi connectivity index (χ3v) is 3.36. The van der Waals surface area contributed by atoms with Crippen molar-refractivity contribution in [2.24, 2.45) is 0 Å². The highest BCUT2D eigenvalue weighted by Crippen LogP contribution is 2.18. The molecule has 1 atom stereocenters. The van der Waals surface area contributed by atoms with Crippen LogP contribution in [0.4, 0.5) is 0 Å². The predicted octanol–water partition coefficient (Wildman–Crippen LogP) is 1.95. The van der Waals surface area contributed by atoms with E-state index in [0.29, 0.717) is 6.04 Å². The second-order valence-electron chi connectivity index (χ2n) is 4.53. The molecule has 2 heteroatoms. The average Bonchev–Trinajstić information content (AvgIpc) is 2.50. The lowest BCUT2D eigenvalue weighted by Crippen LogP contribution is -2.47. The number of nitrogens with one attached hydrogen (secondary N) is 1. The third kappa shape index (κ3) is 2.93. The van der Waals surface area contributed by atoms with Gasteiger partial charge in [0.05, 0.1) is 0 Å². The van der Waals surface area contributed by atoms with Crippen LogP contribution in [0.1, 0.15) is 26.2 Å². The van der Waals surface area contributed by atoms with Crippen molar-refractivity contribution in [3.05, 3.63) is 23.8 Å². The molecule has 0 amide bonds. The van der Waals surface area contributed by atoms with Gasteiger partial charge in [0.25, 0.3) is 0 Å². The average molecular weight is 206 g/mol. The molecule has 1 N–H and O–H groups in total. The Morgan fingerprint density at radius 3 is 3.33 bits per heavy atom. The second kappa shape index (κ2) is 5.47. The van der Waals surface area contributed by atoms with Crippen molar-refractivity contribution >= 4 is 0 Å². The molecule has 1 unspecified atom stereocenters. The van der Waals surface area contributed by atoms with Crippen molar-refractivity contribution < 1.29 is 0 Å². The van der Waals surface area contributed by atoms with Crippen molar-refractivity contribution in [1.82, 2.24) is 10.2 Å². The van der Waals surface area contributed by atoms with E-state index in [0.717, 1.165) is 6.54 Å². The van der Waals surface area contributed by atoms with Crippen LogP contribution in [-0.4, -0.2) is 37.1 Å². The first kappa shape index (κ1) is 10.9. The molecular weight excluding hydrogens is 184 g/mol. The van der Waals surface area contributed by atoms with Gasteiger partial charge in [-0.3, -0.25) is 0 Å². The van der Waals surface area contributed by atoms with E-state index in [1.165, 1.54) is 38.9 Å². The van der Waals surface area contributed by atoms with Gasteiger partial charge >= 0.3 is 0 Å². The molecule has 1 saturated heterocycles. The fourth-order valence-corrected chi connectivity index (χ4v) is 2.38. The van der Waals surface area contributed by atoms with Crippen LogP contribution < -0.4 is 5.32 Å². The van der Waals surface area contributed by atoms with Crippen LogP contribution in [-0.2, 0) is 0 Å². The Labute approximate surface area is 93.0 Å². The Hall–Kier alpha value is -0.600. The fourth-order valence-electron chi connectivity index (χ4n) is 2.38. The normalized spacial score (nSPS) is 27.0. The zero-order chi connectivity index (χ0) is 10.5. The van der Waals surface area contributed by atoms with Crippen LogP contribution in [0.15, 0.2) is 23.8 Å². The minimum absolute atomic E-state index is 0.602. The molecule has 1 fully saturated rings. The molecule has 84 valence electrons. The summed E-state index contributed by atoms with van der Waals surface area (Å²) >= 11 is 0. The summed E-state index contributed by atoms with van der Waals surface area (Å²) in [5.74, 6) is 0. The summed E-state index contributed by atoms with van der Waals surface area (Å²) in [5.41, 5.74) is 1.59. The van der Waals surface area contributed by atoms with E-state index in [1.54, 1.807) is 5.57 Å². The van der Waals surface area contributed by atoms with Gasteiger partial charge in [0.15, 0.2) is 0 Å². The van der Waals surface area contributed by atoms with Gasteiger partial charge < -0.3 is 10.2 Å². The number of fused-ring (bicyclic) bond motifs is 1. The molecule has 2 rings (SSSR count). The lowest BCUT2D eigenvalue weighted by Gasteiger charge is -2.34. The first-order valence-electron chi connectivity index (χ1n) is 6.21. The number of piperidine rings is 1. The van der Waals surface area contributed by atoms with Crippen LogP contribution >= 0.6 is 0 Å². The van der Waals surface area contributed by atoms with Gasteiger partial charge in [0.1, 0.15) is 0 Å². The molecule has 0 radical (unpaired) electrons. The number of likely N-dealkylation sites (tertiary alicyclic amines) is 1. The minimum Gasteiger partial charge on any atom is -0.306 e. The Balaban J connectivity index is 1.88. The Morgan fingerprint density at radius 2 is 2.47 bits per heavy atom. The van der Waals surface area contributed by atoms with Crippen LogP contribution in [0, 0.1) is 0 Å². The summed E-state index contributed by atoms with van der Waals surface area (Å²) in [6, 6.07) is 0.602. The first-order valence-corrected chi connectivity index (χ1v) is 6.21. The molecule has 0 spiro atoms. The van der Waals surface area contributed by atoms with Gasteiger partial charge in [-0.15, -0.1) is 0 Å². The molecule has 2 heterocycles. The number of allylic oxidation sites excluding steroid dienone is 2. The second-order valence-corrected chi connectivity index (χ2v) is 4.53. The number of hydrogen-bond acceptors (Lipinski definition) is 2. The van der Waals surface area contributed by atoms with Gasteiger partial charge in [0, 0.05) is 25.7 Å². The van der Waals surface area contributed by atoms with Crippen LogP contribution in [0.3, 0.4) is 0 Å². The van der Waals surface area contributed by atoms with Gasteiger partial charge in [-0.05, 0) is 19.4 Å². The third-order valence-electron chi connectivity index (χ3n) is 3.36. The van der Waals surface area contributed by atoms with Gasteiger partial charge in [-0.2, -0.15) is 0 Å². The molecular formula is C13H22N2. The Kier molecular flexibility index (Phi) is 3.98. The van der Waals surface area contributed by atoms with E-state index in [9.17, 15) is 0 Å². The topological polar surface area (TPSA) is 15.3 Å². The lowest BCUT2D eigenvalue weighted by molar-refractivity contribution is 0.225. The predicted molar refractivity (Wildman–Crippen MR) is 65.0 cm³/mol. The number of hydrogen-bond donors (Lipinski definition) is 1. The summed E-state index contributed by atoms with van der Waals surface area (Å²) in [6.07, 6.45) is 10.6. The van der Waals surface area contributed by atoms with E-state index < -0.39 is 0 Å². The SMILES string of the molecule is CCCCN1CCC2=CC=CCNC2C1. The summed E-state index contributed by atoms with van der Waals surface area (Å²) < 4.78 is 0. The maximum Gasteiger partial charge on any atom is 0.0414 e. The largest absolute Gasteiger partial charge is 0.306 e. The molecule has 15 heavy (non-hydrogen) atoms. The molecule has 0 aromatic carbocycles. The highest BCUT2D eigenvalue weighted by atomic mass is 15.2. The smallest absolute Gasteiger partial charge is 0.0414 e. The van der Waals surface area contributed by atoms with Crippen LogP contribution in [0.5, 0.6) is 0 Å². The van der Waals surface area contributed by atoms with Crippen molar-refractivity contribution in [3.63, 3.8) is 0 Å².